The van der Waals surface area contributed by atoms with Crippen LogP contribution in [0.15, 0.2) is 36.7 Å². The number of rotatable bonds is 20. The normalized spacial score (nSPS) is 17.9. The number of aromatic nitrogens is 2. The van der Waals surface area contributed by atoms with E-state index in [1.807, 2.05) is 30.9 Å². The molecule has 2 saturated heterocycles. The highest BCUT2D eigenvalue weighted by Gasteiger charge is 2.39. The van der Waals surface area contributed by atoms with Crippen molar-refractivity contribution in [3.8, 4) is 17.6 Å². The molecule has 2 aliphatic heterocycles. The number of nitrogens with two attached hydrogens (primary N) is 2. The van der Waals surface area contributed by atoms with Gasteiger partial charge in [0.15, 0.2) is 17.3 Å². The number of carbonyl (C=O) groups is 4. The van der Waals surface area contributed by atoms with Crippen LogP contribution in [0.1, 0.15) is 97.7 Å². The fourth-order valence-corrected chi connectivity index (χ4v) is 9.35. The Balaban J connectivity index is 0.000000272. The van der Waals surface area contributed by atoms with Crippen molar-refractivity contribution >= 4 is 57.5 Å². The molecule has 20 heteroatoms. The number of nitriles is 1. The summed E-state index contributed by atoms with van der Waals surface area (Å²) in [4.78, 5) is 67.0. The number of hydrogen-bond donors (Lipinski definition) is 5. The van der Waals surface area contributed by atoms with Crippen LogP contribution in [0.4, 0.5) is 11.5 Å². The minimum absolute atomic E-state index is 0.0140. The highest BCUT2D eigenvalue weighted by molar-refractivity contribution is 7.99. The molecule has 0 spiro atoms. The molecule has 3 aromatic rings. The van der Waals surface area contributed by atoms with Gasteiger partial charge in [0.05, 0.1) is 63.4 Å². The summed E-state index contributed by atoms with van der Waals surface area (Å²) in [6.07, 6.45) is 9.46. The van der Waals surface area contributed by atoms with Crippen molar-refractivity contribution < 1.29 is 33.4 Å². The van der Waals surface area contributed by atoms with Crippen molar-refractivity contribution in [3.05, 3.63) is 70.8 Å². The van der Waals surface area contributed by atoms with Crippen LogP contribution in [-0.2, 0) is 36.9 Å². The Morgan fingerprint density at radius 1 is 0.960 bits per heavy atom. The number of anilines is 1. The number of thioether (sulfide) groups is 1. The molecule has 410 valence electrons. The van der Waals surface area contributed by atoms with Crippen LogP contribution in [0.3, 0.4) is 0 Å². The molecule has 19 nitrogen and oxygen atoms in total. The average Bonchev–Trinajstić information content (AvgIpc) is 4.25. The number of ether oxygens (including phenoxy) is 3. The van der Waals surface area contributed by atoms with Crippen LogP contribution in [0.5, 0.6) is 11.5 Å². The number of nitrogens with one attached hydrogen (secondary N) is 3. The highest BCUT2D eigenvalue weighted by Crippen LogP contribution is 2.35. The number of Topliss-reactive ketones (excluding diaryl/α,β-unsaturated/α-hetero) is 1. The predicted molar refractivity (Wildman–Crippen MR) is 296 cm³/mol. The van der Waals surface area contributed by atoms with E-state index in [-0.39, 0.29) is 71.2 Å². The van der Waals surface area contributed by atoms with E-state index in [9.17, 15) is 19.2 Å². The number of hydrogen-bond acceptors (Lipinski definition) is 15. The fourth-order valence-electron chi connectivity index (χ4n) is 8.40. The first-order valence-electron chi connectivity index (χ1n) is 25.9. The second-order valence-electron chi connectivity index (χ2n) is 19.8. The van der Waals surface area contributed by atoms with Gasteiger partial charge in [0.25, 0.3) is 0 Å². The quantitative estimate of drug-likeness (QED) is 0.0566. The van der Waals surface area contributed by atoms with E-state index in [0.29, 0.717) is 62.3 Å². The van der Waals surface area contributed by atoms with Gasteiger partial charge in [0.1, 0.15) is 5.82 Å². The zero-order valence-corrected chi connectivity index (χ0v) is 46.5. The Bertz CT molecular complexity index is 2410. The number of nitrogens with zero attached hydrogens (tertiary/aromatic N) is 7. The van der Waals surface area contributed by atoms with Gasteiger partial charge in [0, 0.05) is 94.8 Å². The van der Waals surface area contributed by atoms with E-state index >= 15 is 0 Å². The largest absolute Gasteiger partial charge is 0.493 e. The summed E-state index contributed by atoms with van der Waals surface area (Å²) < 4.78 is 15.7. The fraction of sp³-hybridized carbons (Fsp3) is 0.618. The number of ketones is 1. The lowest BCUT2D eigenvalue weighted by Crippen LogP contribution is -2.45. The minimum atomic E-state index is -0.302. The standard InChI is InChI=1S/C18H25N3O4.C16H19N5O.C12H20N2O.C9H18N2OS/c1-23-6-4-5-20-18(22)7-12-11-21-15(10-19)14-9-17(25-3)16(24-2)8-13(12)14;1-18-13-5-6-16(21-10-13)20-8-7-19-11-15(22)14-4-2-3-12(14)9-17;1-9(12(2,3)4)11(15)14-8-6-7-10(14)13-5;1-3-7(2)8(10)9(12)11-4-5-13-6-11/h8-9,11H,4-7,10,19H2,1-3H3,(H,20,22);5-6,10,12,14,19H,2-4,7-8,11H2,(H,20,21);9-10H,6-8H2,1-4H3;7-8H,3-6,10H2,1-2H3/t;12-,14?;9-,10+;7-,8-/m.010/s1. The molecule has 0 radical (unpaired) electrons. The smallest absolute Gasteiger partial charge is 0.300 e. The van der Waals surface area contributed by atoms with Crippen LogP contribution in [0.25, 0.3) is 20.5 Å². The molecule has 6 atom stereocenters. The van der Waals surface area contributed by atoms with E-state index in [2.05, 4.69) is 69.4 Å². The van der Waals surface area contributed by atoms with Gasteiger partial charge in [-0.3, -0.25) is 38.9 Å². The SMILES string of the molecule is CC[C@H](C)[C@H](N)C(=O)N1CCSC1.COCCCNC(=O)Cc1cnc(CN)c2cc(OC)c(OC)cc12.[C-]#[N+][C@@H]1CCCN1C(=O)[C@@H](C)C(C)(C)C.[C-]#[N+]c1ccc(NCCNCC(=O)C2CCC[C@H]2C#N)nc1. The van der Waals surface area contributed by atoms with Gasteiger partial charge >= 0.3 is 6.17 Å². The third-order valence-corrected chi connectivity index (χ3v) is 14.7. The number of likely N-dealkylation sites (tertiary alicyclic amines) is 1. The molecule has 1 saturated carbocycles. The summed E-state index contributed by atoms with van der Waals surface area (Å²) in [7, 11) is 4.80. The molecule has 1 aliphatic carbocycles. The molecule has 75 heavy (non-hydrogen) atoms. The van der Waals surface area contributed by atoms with E-state index in [1.165, 1.54) is 6.20 Å². The van der Waals surface area contributed by atoms with E-state index in [4.69, 9.17) is 44.1 Å². The lowest BCUT2D eigenvalue weighted by molar-refractivity contribution is -0.138. The molecule has 6 rings (SSSR count). The van der Waals surface area contributed by atoms with Crippen molar-refractivity contribution in [1.82, 2.24) is 30.4 Å². The zero-order valence-electron chi connectivity index (χ0n) is 45.7. The lowest BCUT2D eigenvalue weighted by Gasteiger charge is -2.29. The maximum Gasteiger partial charge on any atom is 0.300 e. The Morgan fingerprint density at radius 3 is 2.25 bits per heavy atom. The Kier molecular flexibility index (Phi) is 27.9. The number of amides is 3. The molecule has 3 fully saturated rings. The van der Waals surface area contributed by atoms with Gasteiger partial charge in [-0.2, -0.15) is 5.26 Å². The van der Waals surface area contributed by atoms with Crippen molar-refractivity contribution in [1.29, 1.82) is 5.26 Å². The van der Waals surface area contributed by atoms with Crippen molar-refractivity contribution in [3.63, 3.8) is 0 Å². The maximum atomic E-state index is 12.2. The lowest BCUT2D eigenvalue weighted by atomic mass is 9.81. The van der Waals surface area contributed by atoms with Gasteiger partial charge in [-0.1, -0.05) is 60.5 Å². The maximum absolute atomic E-state index is 12.2. The summed E-state index contributed by atoms with van der Waals surface area (Å²) in [5.74, 6) is 4.23. The number of pyridine rings is 2. The van der Waals surface area contributed by atoms with Crippen LogP contribution in [0, 0.1) is 53.6 Å². The first kappa shape index (κ1) is 63.2. The topological polar surface area (TPSA) is 249 Å². The monoisotopic (exact) mass is 1050 g/mol. The molecule has 7 N–H and O–H groups in total. The first-order chi connectivity index (χ1) is 35.9. The molecule has 0 bridgehead atoms. The van der Waals surface area contributed by atoms with E-state index in [0.717, 1.165) is 91.7 Å². The van der Waals surface area contributed by atoms with Crippen molar-refractivity contribution in [2.24, 2.45) is 40.6 Å². The summed E-state index contributed by atoms with van der Waals surface area (Å²) in [5.41, 5.74) is 13.7. The molecule has 2 aromatic heterocycles. The Hall–Kier alpha value is -6.08. The minimum Gasteiger partial charge on any atom is -0.493 e. The van der Waals surface area contributed by atoms with E-state index < -0.39 is 0 Å². The summed E-state index contributed by atoms with van der Waals surface area (Å²) in [6.45, 7) is 30.9. The average molecular weight is 1060 g/mol. The number of fused-ring (bicyclic) bond motifs is 1. The number of carbonyl (C=O) groups excluding carboxylic acids is 4. The predicted octanol–water partition coefficient (Wildman–Crippen LogP) is 6.98. The van der Waals surface area contributed by atoms with E-state index in [1.54, 1.807) is 56.3 Å². The third kappa shape index (κ3) is 19.9. The first-order valence-corrected chi connectivity index (χ1v) is 27.1. The molecular formula is C55H82N12O7S. The van der Waals surface area contributed by atoms with Crippen LogP contribution in [0.2, 0.25) is 0 Å². The van der Waals surface area contributed by atoms with Crippen LogP contribution in [-0.4, -0.2) is 134 Å². The van der Waals surface area contributed by atoms with Crippen molar-refractivity contribution in [2.45, 2.75) is 112 Å². The second-order valence-corrected chi connectivity index (χ2v) is 20.9. The highest BCUT2D eigenvalue weighted by atomic mass is 32.2. The van der Waals surface area contributed by atoms with Crippen LogP contribution < -0.4 is 36.9 Å². The molecule has 1 unspecified atom stereocenters. The Labute approximate surface area is 449 Å². The van der Waals surface area contributed by atoms with Gasteiger partial charge < -0.3 is 46.5 Å². The van der Waals surface area contributed by atoms with Gasteiger partial charge in [-0.05, 0) is 66.2 Å². The zero-order chi connectivity index (χ0) is 55.5. The van der Waals surface area contributed by atoms with Gasteiger partial charge in [-0.25, -0.2) is 11.4 Å². The molecule has 3 aliphatic rings. The molecule has 4 heterocycles. The summed E-state index contributed by atoms with van der Waals surface area (Å²) >= 11 is 1.80. The van der Waals surface area contributed by atoms with Gasteiger partial charge in [-0.15, -0.1) is 11.8 Å². The second kappa shape index (κ2) is 33.1. The summed E-state index contributed by atoms with van der Waals surface area (Å²) in [5, 5.41) is 19.9. The number of methoxy groups -OCH3 is 3. The number of benzene rings is 1. The summed E-state index contributed by atoms with van der Waals surface area (Å²) in [6, 6.07) is 9.12. The van der Waals surface area contributed by atoms with Gasteiger partial charge in [0.2, 0.25) is 23.4 Å². The third-order valence-electron chi connectivity index (χ3n) is 13.8. The molecule has 3 amide bonds. The van der Waals surface area contributed by atoms with Crippen LogP contribution >= 0.6 is 11.8 Å². The van der Waals surface area contributed by atoms with Crippen molar-refractivity contribution in [2.75, 3.05) is 84.2 Å². The molecular weight excluding hydrogens is 973 g/mol. The molecule has 1 aromatic carbocycles. The Morgan fingerprint density at radius 2 is 1.68 bits per heavy atom.